The van der Waals surface area contributed by atoms with Crippen molar-refractivity contribution in [3.8, 4) is 11.5 Å². The van der Waals surface area contributed by atoms with Crippen molar-refractivity contribution in [1.82, 2.24) is 20.1 Å². The fourth-order valence-corrected chi connectivity index (χ4v) is 3.28. The first-order valence-electron chi connectivity index (χ1n) is 8.29. The number of aromatic nitrogens is 3. The molecule has 2 N–H and O–H groups in total. The Kier molecular flexibility index (Phi) is 5.06. The Morgan fingerprint density at radius 3 is 2.64 bits per heavy atom. The molecule has 1 aromatic heterocycles. The maximum atomic E-state index is 12.9. The Labute approximate surface area is 145 Å². The second kappa shape index (κ2) is 7.42. The second-order valence-electron chi connectivity index (χ2n) is 6.08. The van der Waals surface area contributed by atoms with Crippen molar-refractivity contribution in [1.29, 1.82) is 0 Å². The predicted octanol–water partition coefficient (Wildman–Crippen LogP) is 1.70. The van der Waals surface area contributed by atoms with E-state index in [2.05, 4.69) is 15.2 Å². The molecule has 1 saturated carbocycles. The summed E-state index contributed by atoms with van der Waals surface area (Å²) in [7, 11) is 3.19. The van der Waals surface area contributed by atoms with Gasteiger partial charge in [0.15, 0.2) is 0 Å². The molecule has 1 aliphatic carbocycles. The number of hydrogen-bond acceptors (Lipinski definition) is 5. The maximum absolute atomic E-state index is 12.9. The van der Waals surface area contributed by atoms with Gasteiger partial charge in [-0.2, -0.15) is 0 Å². The van der Waals surface area contributed by atoms with Gasteiger partial charge in [0.25, 0.3) is 5.91 Å². The van der Waals surface area contributed by atoms with Gasteiger partial charge in [-0.1, -0.05) is 12.8 Å². The van der Waals surface area contributed by atoms with Gasteiger partial charge in [-0.3, -0.25) is 9.78 Å². The normalized spacial score (nSPS) is 14.5. The van der Waals surface area contributed by atoms with E-state index in [0.717, 1.165) is 31.2 Å². The molecule has 8 heteroatoms. The minimum Gasteiger partial charge on any atom is -0.497 e. The highest BCUT2D eigenvalue weighted by Crippen LogP contribution is 2.30. The van der Waals surface area contributed by atoms with E-state index in [1.165, 1.54) is 0 Å². The first kappa shape index (κ1) is 17.1. The maximum Gasteiger partial charge on any atom is 0.341 e. The van der Waals surface area contributed by atoms with E-state index in [4.69, 9.17) is 9.47 Å². The van der Waals surface area contributed by atoms with E-state index < -0.39 is 5.69 Å². The standard InChI is InChI=1S/C17H22N4O4/c1-24-13-7-8-14(25-2)11(9-13)10-21(12-5-3-4-6-12)16(22)15-18-17(23)20-19-15/h7-9,12H,3-6,10H2,1-2H3,(H2,18,19,20,23). The minimum atomic E-state index is -0.492. The van der Waals surface area contributed by atoms with Crippen LogP contribution < -0.4 is 15.2 Å². The third-order valence-electron chi connectivity index (χ3n) is 4.56. The quantitative estimate of drug-likeness (QED) is 0.829. The molecule has 0 unspecified atom stereocenters. The van der Waals surface area contributed by atoms with Crippen molar-refractivity contribution in [3.63, 3.8) is 0 Å². The summed E-state index contributed by atoms with van der Waals surface area (Å²) in [5.74, 6) is 1.11. The van der Waals surface area contributed by atoms with Gasteiger partial charge in [-0.05, 0) is 31.0 Å². The number of benzene rings is 1. The first-order valence-corrected chi connectivity index (χ1v) is 8.29. The largest absolute Gasteiger partial charge is 0.497 e. The SMILES string of the molecule is COc1ccc(OC)c(CN(C(=O)c2n[nH]c(=O)[nH]2)C2CCCC2)c1. The van der Waals surface area contributed by atoms with Gasteiger partial charge in [-0.25, -0.2) is 9.89 Å². The van der Waals surface area contributed by atoms with Crippen LogP contribution in [0.15, 0.2) is 23.0 Å². The summed E-state index contributed by atoms with van der Waals surface area (Å²) in [4.78, 5) is 28.4. The number of H-pyrrole nitrogens is 2. The lowest BCUT2D eigenvalue weighted by Gasteiger charge is -2.29. The molecule has 0 atom stereocenters. The van der Waals surface area contributed by atoms with Crippen molar-refractivity contribution in [2.45, 2.75) is 38.3 Å². The summed E-state index contributed by atoms with van der Waals surface area (Å²) in [6, 6.07) is 5.61. The van der Waals surface area contributed by atoms with Crippen molar-refractivity contribution < 1.29 is 14.3 Å². The average Bonchev–Trinajstić information content (AvgIpc) is 3.30. The molecule has 1 heterocycles. The van der Waals surface area contributed by atoms with Crippen LogP contribution in [0.25, 0.3) is 0 Å². The third-order valence-corrected chi connectivity index (χ3v) is 4.56. The Balaban J connectivity index is 1.92. The summed E-state index contributed by atoms with van der Waals surface area (Å²) >= 11 is 0. The molecule has 0 spiro atoms. The lowest BCUT2D eigenvalue weighted by molar-refractivity contribution is 0.0650. The van der Waals surface area contributed by atoms with Crippen LogP contribution in [0.1, 0.15) is 41.9 Å². The lowest BCUT2D eigenvalue weighted by Crippen LogP contribution is -2.39. The lowest BCUT2D eigenvalue weighted by atomic mass is 10.1. The highest BCUT2D eigenvalue weighted by atomic mass is 16.5. The van der Waals surface area contributed by atoms with E-state index in [-0.39, 0.29) is 17.8 Å². The van der Waals surface area contributed by atoms with Crippen LogP contribution in [-0.2, 0) is 6.54 Å². The van der Waals surface area contributed by atoms with Crippen molar-refractivity contribution in [2.75, 3.05) is 14.2 Å². The molecule has 134 valence electrons. The van der Waals surface area contributed by atoms with E-state index >= 15 is 0 Å². The van der Waals surface area contributed by atoms with Gasteiger partial charge in [0.2, 0.25) is 5.82 Å². The minimum absolute atomic E-state index is 0.0266. The number of ether oxygens (including phenoxy) is 2. The van der Waals surface area contributed by atoms with Crippen LogP contribution >= 0.6 is 0 Å². The smallest absolute Gasteiger partial charge is 0.341 e. The molecule has 8 nitrogen and oxygen atoms in total. The van der Waals surface area contributed by atoms with Crippen molar-refractivity contribution in [3.05, 3.63) is 40.1 Å². The zero-order chi connectivity index (χ0) is 17.8. The number of carbonyl (C=O) groups excluding carboxylic acids is 1. The number of nitrogens with zero attached hydrogens (tertiary/aromatic N) is 2. The summed E-state index contributed by atoms with van der Waals surface area (Å²) in [5, 5.41) is 6.03. The first-order chi connectivity index (χ1) is 12.1. The van der Waals surface area contributed by atoms with Crippen LogP contribution in [0, 0.1) is 0 Å². The summed E-state index contributed by atoms with van der Waals surface area (Å²) < 4.78 is 10.7. The predicted molar refractivity (Wildman–Crippen MR) is 90.9 cm³/mol. The highest BCUT2D eigenvalue weighted by Gasteiger charge is 2.30. The number of rotatable bonds is 6. The number of hydrogen-bond donors (Lipinski definition) is 2. The number of methoxy groups -OCH3 is 2. The monoisotopic (exact) mass is 346 g/mol. The highest BCUT2D eigenvalue weighted by molar-refractivity contribution is 5.90. The third kappa shape index (κ3) is 3.67. The summed E-state index contributed by atoms with van der Waals surface area (Å²) in [5.41, 5.74) is 0.355. The second-order valence-corrected chi connectivity index (χ2v) is 6.08. The van der Waals surface area contributed by atoms with Crippen LogP contribution in [0.2, 0.25) is 0 Å². The zero-order valence-corrected chi connectivity index (χ0v) is 14.4. The van der Waals surface area contributed by atoms with Crippen molar-refractivity contribution >= 4 is 5.91 Å². The van der Waals surface area contributed by atoms with Gasteiger partial charge >= 0.3 is 5.69 Å². The van der Waals surface area contributed by atoms with Gasteiger partial charge in [0, 0.05) is 11.6 Å². The molecule has 1 fully saturated rings. The van der Waals surface area contributed by atoms with Gasteiger partial charge in [0.05, 0.1) is 20.8 Å². The molecule has 25 heavy (non-hydrogen) atoms. The van der Waals surface area contributed by atoms with Gasteiger partial charge in [0.1, 0.15) is 11.5 Å². The topological polar surface area (TPSA) is 100 Å². The van der Waals surface area contributed by atoms with Crippen LogP contribution in [0.3, 0.4) is 0 Å². The Bertz CT molecular complexity index is 792. The van der Waals surface area contributed by atoms with Gasteiger partial charge in [-0.15, -0.1) is 5.10 Å². The number of aromatic amines is 2. The average molecular weight is 346 g/mol. The molecule has 0 radical (unpaired) electrons. The van der Waals surface area contributed by atoms with E-state index in [1.807, 2.05) is 18.2 Å². The molecular weight excluding hydrogens is 324 g/mol. The molecule has 1 amide bonds. The summed E-state index contributed by atoms with van der Waals surface area (Å²) in [6.45, 7) is 0.360. The molecule has 1 aliphatic rings. The Hall–Kier alpha value is -2.77. The van der Waals surface area contributed by atoms with Crippen LogP contribution in [-0.4, -0.2) is 46.2 Å². The number of nitrogens with one attached hydrogen (secondary N) is 2. The van der Waals surface area contributed by atoms with Gasteiger partial charge < -0.3 is 14.4 Å². The van der Waals surface area contributed by atoms with Crippen LogP contribution in [0.5, 0.6) is 11.5 Å². The Morgan fingerprint density at radius 2 is 2.04 bits per heavy atom. The molecule has 3 rings (SSSR count). The zero-order valence-electron chi connectivity index (χ0n) is 14.4. The molecule has 1 aromatic carbocycles. The molecule has 0 aliphatic heterocycles. The molecular formula is C17H22N4O4. The fourth-order valence-electron chi connectivity index (χ4n) is 3.28. The van der Waals surface area contributed by atoms with E-state index in [0.29, 0.717) is 18.0 Å². The molecule has 2 aromatic rings. The summed E-state index contributed by atoms with van der Waals surface area (Å²) in [6.07, 6.45) is 4.04. The number of amides is 1. The Morgan fingerprint density at radius 1 is 1.28 bits per heavy atom. The van der Waals surface area contributed by atoms with Crippen molar-refractivity contribution in [2.24, 2.45) is 0 Å². The molecule has 0 bridgehead atoms. The van der Waals surface area contributed by atoms with E-state index in [1.54, 1.807) is 19.1 Å². The van der Waals surface area contributed by atoms with E-state index in [9.17, 15) is 9.59 Å². The molecule has 0 saturated heterocycles. The van der Waals surface area contributed by atoms with Crippen LogP contribution in [0.4, 0.5) is 0 Å². The fraction of sp³-hybridized carbons (Fsp3) is 0.471. The number of carbonyl (C=O) groups is 1.